The Bertz CT molecular complexity index is 128. The second-order valence-electron chi connectivity index (χ2n) is 4.43. The van der Waals surface area contributed by atoms with Gasteiger partial charge in [-0.05, 0) is 32.7 Å². The second kappa shape index (κ2) is 10.4. The van der Waals surface area contributed by atoms with Gasteiger partial charge in [0.15, 0.2) is 0 Å². The first-order valence-electron chi connectivity index (χ1n) is 6.50. The van der Waals surface area contributed by atoms with E-state index in [9.17, 15) is 0 Å². The molecule has 0 aliphatic carbocycles. The highest BCUT2D eigenvalue weighted by atomic mass is 16.5. The molecule has 0 aliphatic heterocycles. The molecular formula is C13H29NO. The number of hydrogen-bond donors (Lipinski definition) is 1. The Balaban J connectivity index is 3.72. The third-order valence-electron chi connectivity index (χ3n) is 2.86. The maximum absolute atomic E-state index is 5.33. The van der Waals surface area contributed by atoms with Crippen molar-refractivity contribution in [1.82, 2.24) is 5.32 Å². The molecule has 92 valence electrons. The van der Waals surface area contributed by atoms with Crippen molar-refractivity contribution in [2.45, 2.75) is 71.4 Å². The van der Waals surface area contributed by atoms with Crippen molar-refractivity contribution in [1.29, 1.82) is 0 Å². The highest BCUT2D eigenvalue weighted by Crippen LogP contribution is 2.10. The maximum atomic E-state index is 5.33. The Morgan fingerprint density at radius 2 is 1.87 bits per heavy atom. The van der Waals surface area contributed by atoms with E-state index in [4.69, 9.17) is 4.74 Å². The largest absolute Gasteiger partial charge is 0.382 e. The molecule has 15 heavy (non-hydrogen) atoms. The zero-order valence-electron chi connectivity index (χ0n) is 11.0. The van der Waals surface area contributed by atoms with Crippen molar-refractivity contribution < 1.29 is 4.74 Å². The molecule has 0 bridgehead atoms. The zero-order chi connectivity index (χ0) is 11.5. The standard InChI is InChI=1S/C13H29NO/c1-5-7-8-9-13(14-10-6-2)11-12(3)15-4/h12-14H,5-11H2,1-4H3. The van der Waals surface area contributed by atoms with Crippen molar-refractivity contribution in [3.05, 3.63) is 0 Å². The van der Waals surface area contributed by atoms with Gasteiger partial charge in [-0.25, -0.2) is 0 Å². The summed E-state index contributed by atoms with van der Waals surface area (Å²) in [6, 6.07) is 0.645. The Labute approximate surface area is 95.8 Å². The summed E-state index contributed by atoms with van der Waals surface area (Å²) in [7, 11) is 1.80. The lowest BCUT2D eigenvalue weighted by atomic mass is 10.0. The van der Waals surface area contributed by atoms with Gasteiger partial charge in [0.05, 0.1) is 6.10 Å². The molecule has 0 rings (SSSR count). The van der Waals surface area contributed by atoms with E-state index in [1.807, 2.05) is 0 Å². The van der Waals surface area contributed by atoms with Crippen LogP contribution in [0.5, 0.6) is 0 Å². The Hall–Kier alpha value is -0.0800. The fraction of sp³-hybridized carbons (Fsp3) is 1.00. The Morgan fingerprint density at radius 1 is 1.13 bits per heavy atom. The van der Waals surface area contributed by atoms with Crippen molar-refractivity contribution in [3.63, 3.8) is 0 Å². The van der Waals surface area contributed by atoms with Crippen LogP contribution in [0.3, 0.4) is 0 Å². The lowest BCUT2D eigenvalue weighted by molar-refractivity contribution is 0.0989. The quantitative estimate of drug-likeness (QED) is 0.564. The third-order valence-corrected chi connectivity index (χ3v) is 2.86. The van der Waals surface area contributed by atoms with Gasteiger partial charge in [-0.2, -0.15) is 0 Å². The molecule has 0 aromatic rings. The fourth-order valence-corrected chi connectivity index (χ4v) is 1.79. The van der Waals surface area contributed by atoms with E-state index in [1.165, 1.54) is 32.1 Å². The second-order valence-corrected chi connectivity index (χ2v) is 4.43. The zero-order valence-corrected chi connectivity index (χ0v) is 11.0. The fourth-order valence-electron chi connectivity index (χ4n) is 1.79. The van der Waals surface area contributed by atoms with E-state index in [2.05, 4.69) is 26.1 Å². The number of nitrogens with one attached hydrogen (secondary N) is 1. The molecule has 0 spiro atoms. The average molecular weight is 215 g/mol. The van der Waals surface area contributed by atoms with E-state index in [1.54, 1.807) is 7.11 Å². The lowest BCUT2D eigenvalue weighted by Gasteiger charge is -2.21. The Morgan fingerprint density at radius 3 is 2.40 bits per heavy atom. The van der Waals surface area contributed by atoms with E-state index >= 15 is 0 Å². The summed E-state index contributed by atoms with van der Waals surface area (Å²) >= 11 is 0. The molecule has 2 unspecified atom stereocenters. The van der Waals surface area contributed by atoms with E-state index in [0.29, 0.717) is 12.1 Å². The summed E-state index contributed by atoms with van der Waals surface area (Å²) in [5.41, 5.74) is 0. The summed E-state index contributed by atoms with van der Waals surface area (Å²) in [6.45, 7) is 7.76. The minimum absolute atomic E-state index is 0.376. The smallest absolute Gasteiger partial charge is 0.0558 e. The first kappa shape index (κ1) is 14.9. The van der Waals surface area contributed by atoms with Gasteiger partial charge >= 0.3 is 0 Å². The van der Waals surface area contributed by atoms with Crippen LogP contribution in [0.4, 0.5) is 0 Å². The topological polar surface area (TPSA) is 21.3 Å². The van der Waals surface area contributed by atoms with Crippen LogP contribution in [0, 0.1) is 0 Å². The molecule has 0 aliphatic rings. The van der Waals surface area contributed by atoms with E-state index in [-0.39, 0.29) is 0 Å². The summed E-state index contributed by atoms with van der Waals surface area (Å²) in [5.74, 6) is 0. The van der Waals surface area contributed by atoms with Crippen LogP contribution in [-0.2, 0) is 4.74 Å². The van der Waals surface area contributed by atoms with Crippen molar-refractivity contribution in [2.24, 2.45) is 0 Å². The molecule has 1 N–H and O–H groups in total. The predicted octanol–water partition coefficient (Wildman–Crippen LogP) is 3.36. The van der Waals surface area contributed by atoms with Gasteiger partial charge in [-0.3, -0.25) is 0 Å². The van der Waals surface area contributed by atoms with Gasteiger partial charge in [-0.15, -0.1) is 0 Å². The van der Waals surface area contributed by atoms with Crippen LogP contribution >= 0.6 is 0 Å². The number of unbranched alkanes of at least 4 members (excludes halogenated alkanes) is 2. The molecule has 2 heteroatoms. The van der Waals surface area contributed by atoms with Crippen LogP contribution in [0.1, 0.15) is 59.3 Å². The number of ether oxygens (including phenoxy) is 1. The summed E-state index contributed by atoms with van der Waals surface area (Å²) in [5, 5.41) is 3.61. The highest BCUT2D eigenvalue weighted by Gasteiger charge is 2.11. The molecule has 2 nitrogen and oxygen atoms in total. The van der Waals surface area contributed by atoms with Crippen LogP contribution in [0.2, 0.25) is 0 Å². The first-order valence-corrected chi connectivity index (χ1v) is 6.50. The van der Waals surface area contributed by atoms with Gasteiger partial charge in [-0.1, -0.05) is 33.1 Å². The maximum Gasteiger partial charge on any atom is 0.0558 e. The third kappa shape index (κ3) is 8.88. The minimum atomic E-state index is 0.376. The van der Waals surface area contributed by atoms with Gasteiger partial charge in [0.1, 0.15) is 0 Å². The minimum Gasteiger partial charge on any atom is -0.382 e. The summed E-state index contributed by atoms with van der Waals surface area (Å²) in [6.07, 6.45) is 8.02. The molecule has 0 radical (unpaired) electrons. The van der Waals surface area contributed by atoms with Crippen LogP contribution in [-0.4, -0.2) is 25.8 Å². The SMILES string of the molecule is CCCCCC(CC(C)OC)NCCC. The van der Waals surface area contributed by atoms with Crippen molar-refractivity contribution in [3.8, 4) is 0 Å². The molecule has 0 fully saturated rings. The van der Waals surface area contributed by atoms with Crippen molar-refractivity contribution in [2.75, 3.05) is 13.7 Å². The van der Waals surface area contributed by atoms with E-state index < -0.39 is 0 Å². The van der Waals surface area contributed by atoms with Gasteiger partial charge in [0, 0.05) is 13.2 Å². The molecule has 0 aromatic carbocycles. The summed E-state index contributed by atoms with van der Waals surface area (Å²) in [4.78, 5) is 0. The molecule has 0 heterocycles. The lowest BCUT2D eigenvalue weighted by Crippen LogP contribution is -2.33. The molecule has 2 atom stereocenters. The van der Waals surface area contributed by atoms with Gasteiger partial charge in [0.25, 0.3) is 0 Å². The van der Waals surface area contributed by atoms with Crippen LogP contribution < -0.4 is 5.32 Å². The highest BCUT2D eigenvalue weighted by molar-refractivity contribution is 4.70. The molecule has 0 saturated carbocycles. The van der Waals surface area contributed by atoms with E-state index in [0.717, 1.165) is 13.0 Å². The van der Waals surface area contributed by atoms with Crippen LogP contribution in [0.15, 0.2) is 0 Å². The number of methoxy groups -OCH3 is 1. The van der Waals surface area contributed by atoms with Gasteiger partial charge < -0.3 is 10.1 Å². The molecule has 0 aromatic heterocycles. The molecule has 0 saturated heterocycles. The molecule has 0 amide bonds. The monoisotopic (exact) mass is 215 g/mol. The average Bonchev–Trinajstić information content (AvgIpc) is 2.25. The first-order chi connectivity index (χ1) is 7.24. The van der Waals surface area contributed by atoms with Crippen LogP contribution in [0.25, 0.3) is 0 Å². The Kier molecular flexibility index (Phi) is 10.4. The van der Waals surface area contributed by atoms with Gasteiger partial charge in [0.2, 0.25) is 0 Å². The molecular weight excluding hydrogens is 186 g/mol. The number of rotatable bonds is 10. The van der Waals surface area contributed by atoms with Crippen molar-refractivity contribution >= 4 is 0 Å². The number of hydrogen-bond acceptors (Lipinski definition) is 2. The predicted molar refractivity (Wildman–Crippen MR) is 67.3 cm³/mol. The summed E-state index contributed by atoms with van der Waals surface area (Å²) < 4.78 is 5.33. The normalized spacial score (nSPS) is 15.2.